The summed E-state index contributed by atoms with van der Waals surface area (Å²) >= 11 is 0. The predicted molar refractivity (Wildman–Crippen MR) is 94.6 cm³/mol. The Morgan fingerprint density at radius 3 is 2.52 bits per heavy atom. The van der Waals surface area contributed by atoms with Gasteiger partial charge in [-0.25, -0.2) is 8.42 Å². The van der Waals surface area contributed by atoms with Crippen LogP contribution < -0.4 is 5.32 Å². The summed E-state index contributed by atoms with van der Waals surface area (Å²) in [6.07, 6.45) is 3.26. The Kier molecular flexibility index (Phi) is 4.94. The molecule has 9 nitrogen and oxygen atoms in total. The van der Waals surface area contributed by atoms with Crippen LogP contribution in [0.25, 0.3) is 0 Å². The minimum atomic E-state index is -3.50. The fraction of sp³-hybridized carbons (Fsp3) is 0.471. The molecule has 4 rings (SSSR count). The van der Waals surface area contributed by atoms with E-state index in [1.807, 2.05) is 0 Å². The summed E-state index contributed by atoms with van der Waals surface area (Å²) in [4.78, 5) is 12.5. The van der Waals surface area contributed by atoms with Gasteiger partial charge in [0.25, 0.3) is 5.91 Å². The largest absolute Gasteiger partial charge is 0.405 e. The van der Waals surface area contributed by atoms with Gasteiger partial charge < -0.3 is 9.15 Å². The van der Waals surface area contributed by atoms with Gasteiger partial charge in [-0.2, -0.15) is 4.31 Å². The van der Waals surface area contributed by atoms with Crippen molar-refractivity contribution in [2.24, 2.45) is 0 Å². The molecule has 0 radical (unpaired) electrons. The number of hydrogen-bond donors (Lipinski definition) is 1. The number of aromatic nitrogens is 2. The molecule has 144 valence electrons. The van der Waals surface area contributed by atoms with Crippen molar-refractivity contribution in [3.8, 4) is 0 Å². The maximum Gasteiger partial charge on any atom is 0.322 e. The number of ether oxygens (including phenoxy) is 1. The summed E-state index contributed by atoms with van der Waals surface area (Å²) in [5.41, 5.74) is 0.298. The fourth-order valence-corrected chi connectivity index (χ4v) is 4.73. The Morgan fingerprint density at radius 2 is 1.85 bits per heavy atom. The van der Waals surface area contributed by atoms with Gasteiger partial charge in [-0.05, 0) is 49.9 Å². The Bertz CT molecular complexity index is 913. The summed E-state index contributed by atoms with van der Waals surface area (Å²) in [7, 11) is -3.50. The number of nitrogens with zero attached hydrogens (tertiary/aromatic N) is 3. The first-order valence-electron chi connectivity index (χ1n) is 8.90. The van der Waals surface area contributed by atoms with E-state index in [1.54, 1.807) is 0 Å². The third-order valence-electron chi connectivity index (χ3n) is 4.69. The number of sulfonamides is 1. The first kappa shape index (κ1) is 18.1. The number of nitrogens with one attached hydrogen (secondary N) is 1. The van der Waals surface area contributed by atoms with Crippen LogP contribution in [-0.2, 0) is 14.8 Å². The third-order valence-corrected chi connectivity index (χ3v) is 6.60. The van der Waals surface area contributed by atoms with E-state index in [9.17, 15) is 13.2 Å². The van der Waals surface area contributed by atoms with E-state index < -0.39 is 15.9 Å². The van der Waals surface area contributed by atoms with Gasteiger partial charge in [0.05, 0.1) is 4.90 Å². The molecule has 1 aromatic carbocycles. The van der Waals surface area contributed by atoms with E-state index >= 15 is 0 Å². The summed E-state index contributed by atoms with van der Waals surface area (Å²) in [5.74, 6) is -0.113. The van der Waals surface area contributed by atoms with Crippen molar-refractivity contribution >= 4 is 21.9 Å². The predicted octanol–water partition coefficient (Wildman–Crippen LogP) is 1.96. The van der Waals surface area contributed by atoms with E-state index in [2.05, 4.69) is 15.5 Å². The molecule has 2 aromatic rings. The maximum atomic E-state index is 12.5. The second kappa shape index (κ2) is 7.37. The number of amides is 1. The van der Waals surface area contributed by atoms with Gasteiger partial charge >= 0.3 is 6.01 Å². The van der Waals surface area contributed by atoms with Crippen molar-refractivity contribution < 1.29 is 22.4 Å². The van der Waals surface area contributed by atoms with Gasteiger partial charge in [0.15, 0.2) is 0 Å². The standard InChI is InChI=1S/C17H20N4O5S/c22-15(18-17-20-19-16(26-17)14-4-3-11-25-14)12-5-7-13(8-6-12)27(23,24)21-9-1-2-10-21/h5-8,14H,1-4,9-11H2,(H,18,20,22). The lowest BCUT2D eigenvalue weighted by Crippen LogP contribution is -2.27. The summed E-state index contributed by atoms with van der Waals surface area (Å²) < 4.78 is 37.4. The van der Waals surface area contributed by atoms with Crippen molar-refractivity contribution in [2.75, 3.05) is 25.0 Å². The molecule has 1 unspecified atom stereocenters. The Hall–Kier alpha value is -2.30. The molecule has 0 saturated carbocycles. The van der Waals surface area contributed by atoms with E-state index in [1.165, 1.54) is 28.6 Å². The van der Waals surface area contributed by atoms with Gasteiger partial charge in [-0.15, -0.1) is 5.10 Å². The first-order valence-corrected chi connectivity index (χ1v) is 10.3. The van der Waals surface area contributed by atoms with Crippen molar-refractivity contribution in [3.05, 3.63) is 35.7 Å². The average molecular weight is 392 g/mol. The zero-order valence-electron chi connectivity index (χ0n) is 14.6. The number of anilines is 1. The number of hydrogen-bond acceptors (Lipinski definition) is 7. The summed E-state index contributed by atoms with van der Waals surface area (Å²) in [6, 6.07) is 5.80. The SMILES string of the molecule is O=C(Nc1nnc(C2CCCO2)o1)c1ccc(S(=O)(=O)N2CCCC2)cc1. The topological polar surface area (TPSA) is 115 Å². The average Bonchev–Trinajstić information content (AvgIpc) is 3.42. The third kappa shape index (κ3) is 3.73. The molecule has 2 aliphatic heterocycles. The molecule has 2 fully saturated rings. The molecule has 0 aliphatic carbocycles. The van der Waals surface area contributed by atoms with Crippen molar-refractivity contribution in [3.63, 3.8) is 0 Å². The van der Waals surface area contributed by atoms with Crippen LogP contribution in [0.2, 0.25) is 0 Å². The number of carbonyl (C=O) groups excluding carboxylic acids is 1. The Balaban J connectivity index is 1.43. The highest BCUT2D eigenvalue weighted by Crippen LogP contribution is 2.28. The van der Waals surface area contributed by atoms with E-state index in [-0.39, 0.29) is 17.0 Å². The van der Waals surface area contributed by atoms with Gasteiger partial charge in [0.1, 0.15) is 6.10 Å². The molecule has 1 N–H and O–H groups in total. The number of carbonyl (C=O) groups is 1. The van der Waals surface area contributed by atoms with E-state index in [0.29, 0.717) is 31.2 Å². The highest BCUT2D eigenvalue weighted by molar-refractivity contribution is 7.89. The molecule has 10 heteroatoms. The van der Waals surface area contributed by atoms with Crippen LogP contribution in [0, 0.1) is 0 Å². The van der Waals surface area contributed by atoms with Gasteiger partial charge in [0.2, 0.25) is 15.9 Å². The van der Waals surface area contributed by atoms with E-state index in [0.717, 1.165) is 25.7 Å². The van der Waals surface area contributed by atoms with E-state index in [4.69, 9.17) is 9.15 Å². The molecule has 0 spiro atoms. The minimum absolute atomic E-state index is 0.0146. The summed E-state index contributed by atoms with van der Waals surface area (Å²) in [5, 5.41) is 10.2. The number of benzene rings is 1. The fourth-order valence-electron chi connectivity index (χ4n) is 3.21. The lowest BCUT2D eigenvalue weighted by Gasteiger charge is -2.15. The number of rotatable bonds is 5. The second-order valence-electron chi connectivity index (χ2n) is 6.54. The minimum Gasteiger partial charge on any atom is -0.405 e. The lowest BCUT2D eigenvalue weighted by atomic mass is 10.2. The zero-order valence-corrected chi connectivity index (χ0v) is 15.4. The quantitative estimate of drug-likeness (QED) is 0.827. The molecule has 1 aromatic heterocycles. The smallest absolute Gasteiger partial charge is 0.322 e. The second-order valence-corrected chi connectivity index (χ2v) is 8.47. The molecule has 2 aliphatic rings. The van der Waals surface area contributed by atoms with Gasteiger partial charge in [-0.3, -0.25) is 10.1 Å². The first-order chi connectivity index (χ1) is 13.0. The molecule has 1 atom stereocenters. The molecular weight excluding hydrogens is 372 g/mol. The molecule has 0 bridgehead atoms. The molecule has 2 saturated heterocycles. The molecule has 3 heterocycles. The normalized spacial score (nSPS) is 20.8. The zero-order chi connectivity index (χ0) is 18.9. The maximum absolute atomic E-state index is 12.5. The van der Waals surface area contributed by atoms with Crippen LogP contribution in [0.5, 0.6) is 0 Å². The Morgan fingerprint density at radius 1 is 1.11 bits per heavy atom. The summed E-state index contributed by atoms with van der Waals surface area (Å²) in [6.45, 7) is 1.73. The van der Waals surface area contributed by atoms with Crippen molar-refractivity contribution in [1.29, 1.82) is 0 Å². The Labute approximate surface area is 156 Å². The highest BCUT2D eigenvalue weighted by Gasteiger charge is 2.27. The highest BCUT2D eigenvalue weighted by atomic mass is 32.2. The molecular formula is C17H20N4O5S. The van der Waals surface area contributed by atoms with Crippen LogP contribution in [0.4, 0.5) is 6.01 Å². The molecule has 1 amide bonds. The van der Waals surface area contributed by atoms with Crippen molar-refractivity contribution in [2.45, 2.75) is 36.7 Å². The van der Waals surface area contributed by atoms with Crippen LogP contribution in [-0.4, -0.2) is 48.5 Å². The van der Waals surface area contributed by atoms with Gasteiger partial charge in [0, 0.05) is 25.3 Å². The molecule has 27 heavy (non-hydrogen) atoms. The van der Waals surface area contributed by atoms with Crippen LogP contribution >= 0.6 is 0 Å². The van der Waals surface area contributed by atoms with Crippen molar-refractivity contribution in [1.82, 2.24) is 14.5 Å². The van der Waals surface area contributed by atoms with Crippen LogP contribution in [0.1, 0.15) is 48.0 Å². The van der Waals surface area contributed by atoms with Crippen LogP contribution in [0.15, 0.2) is 33.6 Å². The van der Waals surface area contributed by atoms with Gasteiger partial charge in [-0.1, -0.05) is 5.10 Å². The lowest BCUT2D eigenvalue weighted by molar-refractivity contribution is 0.0893. The van der Waals surface area contributed by atoms with Crippen LogP contribution in [0.3, 0.4) is 0 Å². The monoisotopic (exact) mass is 392 g/mol.